The number of hydrogen-bond donors (Lipinski definition) is 4. The van der Waals surface area contributed by atoms with E-state index in [1.165, 1.54) is 6.08 Å². The number of rotatable bonds is 7. The van der Waals surface area contributed by atoms with Gasteiger partial charge in [-0.2, -0.15) is 0 Å². The van der Waals surface area contributed by atoms with Crippen molar-refractivity contribution in [2.45, 2.75) is 33.4 Å². The molecule has 0 rings (SSSR count). The number of hydrogen-bond acceptors (Lipinski definition) is 4. The molecule has 1 atom stereocenters. The molecule has 0 aliphatic carbocycles. The second-order valence-corrected chi connectivity index (χ2v) is 3.76. The molecule has 1 unspecified atom stereocenters. The Morgan fingerprint density at radius 3 is 2.27 bits per heavy atom. The second kappa shape index (κ2) is 7.31. The van der Waals surface area contributed by atoms with Crippen molar-refractivity contribution in [2.24, 2.45) is 5.92 Å². The molecule has 0 aromatic heterocycles. The molecule has 0 bridgehead atoms. The Labute approximate surface area is 91.4 Å². The molecule has 0 aliphatic heterocycles. The SMILES string of the molecule is CCCNC(O)C(=N)/C=C\C(=N)C(C)C. The van der Waals surface area contributed by atoms with E-state index in [0.717, 1.165) is 6.42 Å². The van der Waals surface area contributed by atoms with Gasteiger partial charge in [0.05, 0.1) is 5.71 Å². The van der Waals surface area contributed by atoms with Crippen molar-refractivity contribution in [1.82, 2.24) is 5.32 Å². The zero-order valence-electron chi connectivity index (χ0n) is 9.67. The molecule has 86 valence electrons. The Bertz CT molecular complexity index is 246. The summed E-state index contributed by atoms with van der Waals surface area (Å²) in [7, 11) is 0. The highest BCUT2D eigenvalue weighted by molar-refractivity contribution is 6.03. The molecular weight excluding hydrogens is 190 g/mol. The molecule has 15 heavy (non-hydrogen) atoms. The summed E-state index contributed by atoms with van der Waals surface area (Å²) in [5.41, 5.74) is 0.552. The average molecular weight is 211 g/mol. The van der Waals surface area contributed by atoms with Gasteiger partial charge in [-0.3, -0.25) is 5.32 Å². The van der Waals surface area contributed by atoms with Crippen LogP contribution in [-0.2, 0) is 0 Å². The predicted molar refractivity (Wildman–Crippen MR) is 63.7 cm³/mol. The van der Waals surface area contributed by atoms with E-state index in [1.807, 2.05) is 20.8 Å². The van der Waals surface area contributed by atoms with Gasteiger partial charge in [0.25, 0.3) is 0 Å². The molecule has 0 aromatic rings. The molecule has 0 saturated carbocycles. The van der Waals surface area contributed by atoms with Gasteiger partial charge in [-0.05, 0) is 31.0 Å². The minimum atomic E-state index is -0.929. The first-order valence-electron chi connectivity index (χ1n) is 5.25. The first-order chi connectivity index (χ1) is 6.99. The smallest absolute Gasteiger partial charge is 0.147 e. The quantitative estimate of drug-likeness (QED) is 0.381. The van der Waals surface area contributed by atoms with Gasteiger partial charge in [0.15, 0.2) is 0 Å². The van der Waals surface area contributed by atoms with Crippen LogP contribution in [0.15, 0.2) is 12.2 Å². The molecule has 0 aromatic carbocycles. The second-order valence-electron chi connectivity index (χ2n) is 3.76. The number of nitrogens with one attached hydrogen (secondary N) is 3. The topological polar surface area (TPSA) is 80.0 Å². The van der Waals surface area contributed by atoms with Gasteiger partial charge in [-0.25, -0.2) is 0 Å². The van der Waals surface area contributed by atoms with E-state index < -0.39 is 6.23 Å². The van der Waals surface area contributed by atoms with Gasteiger partial charge in [0.2, 0.25) is 0 Å². The van der Waals surface area contributed by atoms with Gasteiger partial charge >= 0.3 is 0 Å². The fraction of sp³-hybridized carbons (Fsp3) is 0.636. The van der Waals surface area contributed by atoms with Crippen LogP contribution in [0, 0.1) is 16.7 Å². The van der Waals surface area contributed by atoms with Crippen LogP contribution >= 0.6 is 0 Å². The van der Waals surface area contributed by atoms with E-state index in [0.29, 0.717) is 12.3 Å². The van der Waals surface area contributed by atoms with Crippen LogP contribution in [0.25, 0.3) is 0 Å². The lowest BCUT2D eigenvalue weighted by Gasteiger charge is -2.10. The van der Waals surface area contributed by atoms with Crippen LogP contribution in [0.5, 0.6) is 0 Å². The maximum absolute atomic E-state index is 9.44. The Hall–Kier alpha value is -1.00. The van der Waals surface area contributed by atoms with Crippen LogP contribution in [0.3, 0.4) is 0 Å². The van der Waals surface area contributed by atoms with Crippen molar-refractivity contribution < 1.29 is 5.11 Å². The Morgan fingerprint density at radius 2 is 1.80 bits per heavy atom. The molecule has 0 amide bonds. The third-order valence-corrected chi connectivity index (χ3v) is 1.95. The van der Waals surface area contributed by atoms with Gasteiger partial charge in [-0.15, -0.1) is 0 Å². The third kappa shape index (κ3) is 6.14. The summed E-state index contributed by atoms with van der Waals surface area (Å²) >= 11 is 0. The lowest BCUT2D eigenvalue weighted by molar-refractivity contribution is 0.203. The monoisotopic (exact) mass is 211 g/mol. The highest BCUT2D eigenvalue weighted by Gasteiger charge is 2.06. The van der Waals surface area contributed by atoms with E-state index in [1.54, 1.807) is 6.08 Å². The van der Waals surface area contributed by atoms with E-state index in [4.69, 9.17) is 10.8 Å². The summed E-state index contributed by atoms with van der Waals surface area (Å²) in [6, 6.07) is 0. The highest BCUT2D eigenvalue weighted by atomic mass is 16.3. The molecule has 0 radical (unpaired) electrons. The predicted octanol–water partition coefficient (Wildman–Crippen LogP) is 1.56. The molecule has 0 spiro atoms. The largest absolute Gasteiger partial charge is 0.373 e. The Balaban J connectivity index is 4.06. The van der Waals surface area contributed by atoms with E-state index in [-0.39, 0.29) is 11.6 Å². The summed E-state index contributed by atoms with van der Waals surface area (Å²) < 4.78 is 0. The van der Waals surface area contributed by atoms with Crippen LogP contribution in [-0.4, -0.2) is 29.3 Å². The van der Waals surface area contributed by atoms with E-state index in [2.05, 4.69) is 5.32 Å². The summed E-state index contributed by atoms with van der Waals surface area (Å²) in [5.74, 6) is 0.148. The zero-order valence-corrected chi connectivity index (χ0v) is 9.67. The molecule has 0 fully saturated rings. The van der Waals surface area contributed by atoms with Crippen molar-refractivity contribution >= 4 is 11.4 Å². The number of aliphatic hydroxyl groups excluding tert-OH is 1. The van der Waals surface area contributed by atoms with E-state index in [9.17, 15) is 5.11 Å². The molecule has 0 saturated heterocycles. The van der Waals surface area contributed by atoms with Gasteiger partial charge < -0.3 is 15.9 Å². The molecule has 4 N–H and O–H groups in total. The first kappa shape index (κ1) is 14.0. The standard InChI is InChI=1S/C11H21N3O/c1-4-7-14-11(15)10(13)6-5-9(12)8(2)3/h5-6,8,11-15H,4,7H2,1-3H3/b6-5-,12-9?,13-10?. The average Bonchev–Trinajstić information content (AvgIpc) is 2.21. The van der Waals surface area contributed by atoms with Gasteiger partial charge in [0, 0.05) is 5.71 Å². The zero-order chi connectivity index (χ0) is 11.8. The molecule has 4 heteroatoms. The lowest BCUT2D eigenvalue weighted by atomic mass is 10.1. The third-order valence-electron chi connectivity index (χ3n) is 1.95. The maximum atomic E-state index is 9.44. The Kier molecular flexibility index (Phi) is 6.83. The Morgan fingerprint density at radius 1 is 1.27 bits per heavy atom. The fourth-order valence-electron chi connectivity index (χ4n) is 0.854. The fourth-order valence-corrected chi connectivity index (χ4v) is 0.854. The summed E-state index contributed by atoms with van der Waals surface area (Å²) in [4.78, 5) is 0. The van der Waals surface area contributed by atoms with E-state index >= 15 is 0 Å². The minimum Gasteiger partial charge on any atom is -0.373 e. The molecule has 0 heterocycles. The maximum Gasteiger partial charge on any atom is 0.147 e. The summed E-state index contributed by atoms with van der Waals surface area (Å²) in [6.45, 7) is 6.51. The van der Waals surface area contributed by atoms with Crippen molar-refractivity contribution in [3.63, 3.8) is 0 Å². The van der Waals surface area contributed by atoms with Crippen molar-refractivity contribution in [3.05, 3.63) is 12.2 Å². The number of aliphatic hydroxyl groups is 1. The first-order valence-corrected chi connectivity index (χ1v) is 5.25. The van der Waals surface area contributed by atoms with Gasteiger partial charge in [0.1, 0.15) is 6.23 Å². The van der Waals surface area contributed by atoms with Crippen LogP contribution < -0.4 is 5.32 Å². The highest BCUT2D eigenvalue weighted by Crippen LogP contribution is 1.96. The minimum absolute atomic E-state index is 0.0915. The molecule has 0 aliphatic rings. The summed E-state index contributed by atoms with van der Waals surface area (Å²) in [6.07, 6.45) is 3.01. The molecule has 4 nitrogen and oxygen atoms in total. The normalized spacial score (nSPS) is 13.4. The summed E-state index contributed by atoms with van der Waals surface area (Å²) in [5, 5.41) is 27.3. The van der Waals surface area contributed by atoms with Crippen LogP contribution in [0.4, 0.5) is 0 Å². The van der Waals surface area contributed by atoms with Crippen molar-refractivity contribution in [3.8, 4) is 0 Å². The molecular formula is C11H21N3O. The van der Waals surface area contributed by atoms with Crippen LogP contribution in [0.1, 0.15) is 27.2 Å². The van der Waals surface area contributed by atoms with Crippen LogP contribution in [0.2, 0.25) is 0 Å². The lowest BCUT2D eigenvalue weighted by Crippen LogP contribution is -2.35. The van der Waals surface area contributed by atoms with Crippen molar-refractivity contribution in [1.29, 1.82) is 10.8 Å². The van der Waals surface area contributed by atoms with Gasteiger partial charge in [-0.1, -0.05) is 20.8 Å². The number of allylic oxidation sites excluding steroid dienone is 1. The van der Waals surface area contributed by atoms with Crippen molar-refractivity contribution in [2.75, 3.05) is 6.54 Å².